The van der Waals surface area contributed by atoms with Crippen LogP contribution in [-0.4, -0.2) is 62.4 Å². The van der Waals surface area contributed by atoms with Crippen molar-refractivity contribution in [2.75, 3.05) is 37.6 Å². The minimum atomic E-state index is -0.0812. The lowest BCUT2D eigenvalue weighted by atomic mass is 10.2. The van der Waals surface area contributed by atoms with E-state index in [-0.39, 0.29) is 5.56 Å². The number of pyridine rings is 1. The molecular weight excluding hydrogens is 342 g/mol. The van der Waals surface area contributed by atoms with Crippen molar-refractivity contribution in [2.45, 2.75) is 6.54 Å². The molecule has 0 unspecified atom stereocenters. The van der Waals surface area contributed by atoms with Gasteiger partial charge in [0.05, 0.1) is 12.2 Å². The summed E-state index contributed by atoms with van der Waals surface area (Å²) in [6.45, 7) is 5.05. The van der Waals surface area contributed by atoms with E-state index in [0.717, 1.165) is 49.8 Å². The minimum Gasteiger partial charge on any atom is -0.354 e. The first kappa shape index (κ1) is 17.3. The molecule has 0 amide bonds. The first-order valence-electron chi connectivity index (χ1n) is 9.01. The first-order valence-corrected chi connectivity index (χ1v) is 9.01. The van der Waals surface area contributed by atoms with Crippen molar-refractivity contribution < 1.29 is 0 Å². The second-order valence-corrected chi connectivity index (χ2v) is 6.42. The van der Waals surface area contributed by atoms with Gasteiger partial charge in [0.15, 0.2) is 0 Å². The first-order chi connectivity index (χ1) is 13.3. The van der Waals surface area contributed by atoms with Gasteiger partial charge in [0, 0.05) is 62.9 Å². The van der Waals surface area contributed by atoms with Gasteiger partial charge in [-0.05, 0) is 24.3 Å². The summed E-state index contributed by atoms with van der Waals surface area (Å²) in [4.78, 5) is 29.1. The number of anilines is 1. The lowest BCUT2D eigenvalue weighted by Crippen LogP contribution is -2.48. The fourth-order valence-electron chi connectivity index (χ4n) is 3.18. The van der Waals surface area contributed by atoms with Crippen molar-refractivity contribution in [1.82, 2.24) is 29.6 Å². The zero-order chi connectivity index (χ0) is 18.5. The van der Waals surface area contributed by atoms with Crippen molar-refractivity contribution in [2.24, 2.45) is 0 Å². The molecule has 4 rings (SSSR count). The summed E-state index contributed by atoms with van der Waals surface area (Å²) in [5.41, 5.74) is 1.59. The van der Waals surface area contributed by atoms with Crippen LogP contribution in [-0.2, 0) is 6.54 Å². The molecule has 8 heteroatoms. The van der Waals surface area contributed by atoms with Crippen LogP contribution < -0.4 is 10.5 Å². The molecule has 0 radical (unpaired) electrons. The molecule has 0 N–H and O–H groups in total. The van der Waals surface area contributed by atoms with Crippen LogP contribution in [0.2, 0.25) is 0 Å². The summed E-state index contributed by atoms with van der Waals surface area (Å²) in [5.74, 6) is 0.965. The van der Waals surface area contributed by atoms with Crippen molar-refractivity contribution in [1.29, 1.82) is 0 Å². The molecule has 4 heterocycles. The maximum atomic E-state index is 12.2. The fraction of sp³-hybridized carbons (Fsp3) is 0.316. The Balaban J connectivity index is 1.36. The predicted octanol–water partition coefficient (Wildman–Crippen LogP) is 0.917. The van der Waals surface area contributed by atoms with Gasteiger partial charge in [-0.1, -0.05) is 0 Å². The van der Waals surface area contributed by atoms with E-state index in [4.69, 9.17) is 0 Å². The number of nitrogens with zero attached hydrogens (tertiary/aromatic N) is 7. The Morgan fingerprint density at radius 2 is 1.81 bits per heavy atom. The normalized spacial score (nSPS) is 15.0. The Kier molecular flexibility index (Phi) is 5.15. The monoisotopic (exact) mass is 363 g/mol. The Hall–Kier alpha value is -3.13. The van der Waals surface area contributed by atoms with Crippen LogP contribution in [0.3, 0.4) is 0 Å². The van der Waals surface area contributed by atoms with Gasteiger partial charge in [0.25, 0.3) is 5.56 Å². The van der Waals surface area contributed by atoms with E-state index in [1.165, 1.54) is 0 Å². The van der Waals surface area contributed by atoms with Crippen LogP contribution in [0.15, 0.2) is 60.0 Å². The molecule has 138 valence electrons. The lowest BCUT2D eigenvalue weighted by Gasteiger charge is -2.35. The molecule has 0 bridgehead atoms. The molecule has 1 fully saturated rings. The van der Waals surface area contributed by atoms with Gasteiger partial charge < -0.3 is 4.90 Å². The summed E-state index contributed by atoms with van der Waals surface area (Å²) in [5, 5.41) is 4.50. The largest absolute Gasteiger partial charge is 0.354 e. The average Bonchev–Trinajstić information content (AvgIpc) is 2.75. The molecule has 3 aromatic rings. The molecule has 0 atom stereocenters. The van der Waals surface area contributed by atoms with E-state index in [1.54, 1.807) is 41.7 Å². The number of aromatic nitrogens is 5. The second kappa shape index (κ2) is 8.05. The van der Waals surface area contributed by atoms with E-state index in [0.29, 0.717) is 6.54 Å². The molecule has 3 aromatic heterocycles. The minimum absolute atomic E-state index is 0.0812. The van der Waals surface area contributed by atoms with Gasteiger partial charge in [-0.3, -0.25) is 14.7 Å². The number of hydrogen-bond acceptors (Lipinski definition) is 7. The van der Waals surface area contributed by atoms with Crippen molar-refractivity contribution in [3.05, 3.63) is 65.6 Å². The summed E-state index contributed by atoms with van der Waals surface area (Å²) in [6.07, 6.45) is 6.82. The predicted molar refractivity (Wildman–Crippen MR) is 102 cm³/mol. The van der Waals surface area contributed by atoms with Gasteiger partial charge >= 0.3 is 0 Å². The Morgan fingerprint density at radius 1 is 0.926 bits per heavy atom. The van der Waals surface area contributed by atoms with Crippen LogP contribution in [0, 0.1) is 0 Å². The van der Waals surface area contributed by atoms with E-state index in [2.05, 4.69) is 29.9 Å². The van der Waals surface area contributed by atoms with Crippen LogP contribution in [0.5, 0.6) is 0 Å². The second-order valence-electron chi connectivity index (χ2n) is 6.42. The highest BCUT2D eigenvalue weighted by Crippen LogP contribution is 2.13. The molecular formula is C19H21N7O. The third-order valence-electron chi connectivity index (χ3n) is 4.71. The van der Waals surface area contributed by atoms with E-state index < -0.39 is 0 Å². The highest BCUT2D eigenvalue weighted by atomic mass is 16.1. The van der Waals surface area contributed by atoms with Crippen LogP contribution in [0.25, 0.3) is 11.3 Å². The van der Waals surface area contributed by atoms with Crippen LogP contribution in [0.1, 0.15) is 0 Å². The van der Waals surface area contributed by atoms with Gasteiger partial charge in [-0.2, -0.15) is 5.10 Å². The lowest BCUT2D eigenvalue weighted by molar-refractivity contribution is 0.242. The van der Waals surface area contributed by atoms with Crippen LogP contribution >= 0.6 is 0 Å². The number of piperazine rings is 1. The van der Waals surface area contributed by atoms with Gasteiger partial charge in [-0.15, -0.1) is 0 Å². The number of hydrogen-bond donors (Lipinski definition) is 0. The maximum absolute atomic E-state index is 12.2. The molecule has 27 heavy (non-hydrogen) atoms. The smallest absolute Gasteiger partial charge is 0.266 e. The molecule has 1 saturated heterocycles. The topological polar surface area (TPSA) is 80.0 Å². The van der Waals surface area contributed by atoms with E-state index in [1.807, 2.05) is 18.2 Å². The van der Waals surface area contributed by atoms with E-state index >= 15 is 0 Å². The summed E-state index contributed by atoms with van der Waals surface area (Å²) in [6, 6.07) is 9.06. The number of rotatable bonds is 5. The van der Waals surface area contributed by atoms with E-state index in [9.17, 15) is 4.79 Å². The molecule has 0 spiro atoms. The summed E-state index contributed by atoms with van der Waals surface area (Å²) >= 11 is 0. The third-order valence-corrected chi connectivity index (χ3v) is 4.71. The average molecular weight is 363 g/mol. The zero-order valence-electron chi connectivity index (χ0n) is 15.0. The Morgan fingerprint density at radius 3 is 2.56 bits per heavy atom. The molecule has 8 nitrogen and oxygen atoms in total. The van der Waals surface area contributed by atoms with Gasteiger partial charge in [0.2, 0.25) is 0 Å². The van der Waals surface area contributed by atoms with Crippen molar-refractivity contribution in [3.63, 3.8) is 0 Å². The summed E-state index contributed by atoms with van der Waals surface area (Å²) < 4.78 is 1.54. The molecule has 1 aliphatic heterocycles. The molecule has 0 aliphatic carbocycles. The highest BCUT2D eigenvalue weighted by Gasteiger charge is 2.18. The molecule has 0 saturated carbocycles. The maximum Gasteiger partial charge on any atom is 0.266 e. The summed E-state index contributed by atoms with van der Waals surface area (Å²) in [7, 11) is 0. The molecule has 1 aliphatic rings. The highest BCUT2D eigenvalue weighted by molar-refractivity contribution is 5.56. The third kappa shape index (κ3) is 4.17. The van der Waals surface area contributed by atoms with Crippen LogP contribution in [0.4, 0.5) is 5.82 Å². The van der Waals surface area contributed by atoms with Crippen molar-refractivity contribution >= 4 is 5.82 Å². The Labute approximate surface area is 157 Å². The standard InChI is InChI=1S/C19H21N7O/c27-19-4-3-17(16-2-1-6-20-14-16)23-26(19)13-10-24-8-11-25(12-9-24)18-5-7-21-15-22-18/h1-7,14-15H,8-13H2. The van der Waals surface area contributed by atoms with Gasteiger partial charge in [-0.25, -0.2) is 14.6 Å². The Bertz CT molecular complexity index is 922. The quantitative estimate of drug-likeness (QED) is 0.667. The SMILES string of the molecule is O=c1ccc(-c2cccnc2)nn1CCN1CCN(c2ccncn2)CC1. The fourth-order valence-corrected chi connectivity index (χ4v) is 3.18. The van der Waals surface area contributed by atoms with Crippen molar-refractivity contribution in [3.8, 4) is 11.3 Å². The molecule has 0 aromatic carbocycles. The van der Waals surface area contributed by atoms with Gasteiger partial charge in [0.1, 0.15) is 12.1 Å². The zero-order valence-corrected chi connectivity index (χ0v) is 15.0.